The van der Waals surface area contributed by atoms with Crippen LogP contribution in [0, 0.1) is 0 Å². The lowest BCUT2D eigenvalue weighted by molar-refractivity contribution is 0.284. The molecule has 28 heavy (non-hydrogen) atoms. The van der Waals surface area contributed by atoms with Gasteiger partial charge in [0.2, 0.25) is 0 Å². The maximum atomic E-state index is 6.43. The monoisotopic (exact) mass is 468 g/mol. The van der Waals surface area contributed by atoms with Gasteiger partial charge in [0, 0.05) is 17.1 Å². The maximum absolute atomic E-state index is 6.43. The van der Waals surface area contributed by atoms with E-state index in [1.54, 1.807) is 7.11 Å². The van der Waals surface area contributed by atoms with E-state index in [1.807, 2.05) is 36.4 Å². The molecule has 1 N–H and O–H groups in total. The zero-order valence-electron chi connectivity index (χ0n) is 16.3. The quantitative estimate of drug-likeness (QED) is 0.468. The minimum absolute atomic E-state index is 0. The summed E-state index contributed by atoms with van der Waals surface area (Å²) < 4.78 is 11.4. The van der Waals surface area contributed by atoms with E-state index in [9.17, 15) is 0 Å². The standard InChI is InChI=1S/C20H26Cl2N2O2.2ClH/c1-24(2)10-6-9-23-13-15-11-18(22)20(19(12-15)25-3)26-14-16-7-4-5-8-17(16)21;;/h4-5,7-8,11-12,23H,6,9-10,13-14H2,1-3H3;2*1H. The first-order valence-corrected chi connectivity index (χ1v) is 9.35. The fourth-order valence-corrected chi connectivity index (χ4v) is 3.01. The number of rotatable bonds is 10. The van der Waals surface area contributed by atoms with E-state index in [0.717, 1.165) is 37.2 Å². The molecule has 0 saturated carbocycles. The van der Waals surface area contributed by atoms with Crippen molar-refractivity contribution >= 4 is 48.0 Å². The first-order valence-electron chi connectivity index (χ1n) is 8.59. The second-order valence-corrected chi connectivity index (χ2v) is 7.14. The molecule has 0 fully saturated rings. The summed E-state index contributed by atoms with van der Waals surface area (Å²) in [6, 6.07) is 11.4. The van der Waals surface area contributed by atoms with Gasteiger partial charge in [-0.25, -0.2) is 0 Å². The van der Waals surface area contributed by atoms with E-state index in [4.69, 9.17) is 32.7 Å². The van der Waals surface area contributed by atoms with E-state index in [1.165, 1.54) is 0 Å². The molecule has 8 heteroatoms. The second kappa shape index (κ2) is 14.2. The highest BCUT2D eigenvalue weighted by Crippen LogP contribution is 2.37. The number of halogens is 4. The van der Waals surface area contributed by atoms with Crippen LogP contribution in [0.2, 0.25) is 10.0 Å². The number of hydrogen-bond donors (Lipinski definition) is 1. The van der Waals surface area contributed by atoms with Crippen LogP contribution in [0.25, 0.3) is 0 Å². The summed E-state index contributed by atoms with van der Waals surface area (Å²) in [6.45, 7) is 3.07. The molecule has 0 unspecified atom stereocenters. The highest BCUT2D eigenvalue weighted by molar-refractivity contribution is 6.32. The molecule has 2 rings (SSSR count). The van der Waals surface area contributed by atoms with Crippen LogP contribution >= 0.6 is 48.0 Å². The van der Waals surface area contributed by atoms with Gasteiger partial charge in [-0.05, 0) is 57.4 Å². The highest BCUT2D eigenvalue weighted by atomic mass is 35.5. The number of benzene rings is 2. The van der Waals surface area contributed by atoms with Crippen LogP contribution in [0.5, 0.6) is 11.5 Å². The van der Waals surface area contributed by atoms with Crippen molar-refractivity contribution in [3.05, 3.63) is 57.6 Å². The van der Waals surface area contributed by atoms with Gasteiger partial charge in [-0.2, -0.15) is 0 Å². The molecule has 0 aliphatic rings. The average Bonchev–Trinajstić information content (AvgIpc) is 2.61. The van der Waals surface area contributed by atoms with Crippen molar-refractivity contribution in [2.24, 2.45) is 0 Å². The van der Waals surface area contributed by atoms with Crippen molar-refractivity contribution in [2.45, 2.75) is 19.6 Å². The van der Waals surface area contributed by atoms with Gasteiger partial charge in [-0.15, -0.1) is 24.8 Å². The molecule has 0 aromatic heterocycles. The molecule has 0 spiro atoms. The van der Waals surface area contributed by atoms with Gasteiger partial charge in [0.05, 0.1) is 12.1 Å². The first kappa shape index (κ1) is 27.1. The summed E-state index contributed by atoms with van der Waals surface area (Å²) in [7, 11) is 5.76. The molecule has 0 amide bonds. The van der Waals surface area contributed by atoms with E-state index >= 15 is 0 Å². The molecule has 0 heterocycles. The summed E-state index contributed by atoms with van der Waals surface area (Å²) in [5, 5.41) is 4.62. The Morgan fingerprint density at radius 3 is 2.39 bits per heavy atom. The van der Waals surface area contributed by atoms with Crippen molar-refractivity contribution < 1.29 is 9.47 Å². The number of hydrogen-bond acceptors (Lipinski definition) is 4. The zero-order chi connectivity index (χ0) is 18.9. The summed E-state index contributed by atoms with van der Waals surface area (Å²) in [5.41, 5.74) is 1.96. The average molecular weight is 470 g/mol. The van der Waals surface area contributed by atoms with Gasteiger partial charge >= 0.3 is 0 Å². The Bertz CT molecular complexity index is 715. The molecule has 0 aliphatic heterocycles. The van der Waals surface area contributed by atoms with Crippen LogP contribution < -0.4 is 14.8 Å². The second-order valence-electron chi connectivity index (χ2n) is 6.32. The number of nitrogens with one attached hydrogen (secondary N) is 1. The molecular formula is C20H28Cl4N2O2. The lowest BCUT2D eigenvalue weighted by Gasteiger charge is -2.15. The number of nitrogens with zero attached hydrogens (tertiary/aromatic N) is 1. The van der Waals surface area contributed by atoms with E-state index < -0.39 is 0 Å². The van der Waals surface area contributed by atoms with Crippen LogP contribution in [-0.2, 0) is 13.2 Å². The topological polar surface area (TPSA) is 33.7 Å². The van der Waals surface area contributed by atoms with Gasteiger partial charge in [0.25, 0.3) is 0 Å². The van der Waals surface area contributed by atoms with Crippen molar-refractivity contribution in [3.8, 4) is 11.5 Å². The van der Waals surface area contributed by atoms with Crippen LogP contribution in [-0.4, -0.2) is 39.2 Å². The Kier molecular flexibility index (Phi) is 13.7. The normalized spacial score (nSPS) is 10.2. The van der Waals surface area contributed by atoms with Gasteiger partial charge in [0.1, 0.15) is 6.61 Å². The molecule has 2 aromatic rings. The smallest absolute Gasteiger partial charge is 0.180 e. The van der Waals surface area contributed by atoms with Crippen LogP contribution in [0.3, 0.4) is 0 Å². The molecule has 0 bridgehead atoms. The summed E-state index contributed by atoms with van der Waals surface area (Å²) in [5.74, 6) is 1.15. The molecule has 0 atom stereocenters. The fourth-order valence-electron chi connectivity index (χ4n) is 2.53. The van der Waals surface area contributed by atoms with Crippen LogP contribution in [0.15, 0.2) is 36.4 Å². The zero-order valence-corrected chi connectivity index (χ0v) is 19.5. The van der Waals surface area contributed by atoms with Crippen molar-refractivity contribution in [1.82, 2.24) is 10.2 Å². The lowest BCUT2D eigenvalue weighted by Crippen LogP contribution is -2.21. The van der Waals surface area contributed by atoms with Gasteiger partial charge in [-0.3, -0.25) is 0 Å². The van der Waals surface area contributed by atoms with Gasteiger partial charge in [0.15, 0.2) is 11.5 Å². The van der Waals surface area contributed by atoms with E-state index in [-0.39, 0.29) is 24.8 Å². The predicted molar refractivity (Wildman–Crippen MR) is 123 cm³/mol. The number of methoxy groups -OCH3 is 1. The predicted octanol–water partition coefficient (Wildman–Crippen LogP) is 5.47. The third-order valence-corrected chi connectivity index (χ3v) is 4.56. The Balaban J connectivity index is 0.00000364. The van der Waals surface area contributed by atoms with Crippen molar-refractivity contribution in [3.63, 3.8) is 0 Å². The molecule has 0 aliphatic carbocycles. The summed E-state index contributed by atoms with van der Waals surface area (Å²) in [4.78, 5) is 2.17. The largest absolute Gasteiger partial charge is 0.493 e. The lowest BCUT2D eigenvalue weighted by atomic mass is 10.2. The Morgan fingerprint density at radius 1 is 1.04 bits per heavy atom. The van der Waals surface area contributed by atoms with Crippen LogP contribution in [0.4, 0.5) is 0 Å². The van der Waals surface area contributed by atoms with E-state index in [2.05, 4.69) is 24.3 Å². The first-order chi connectivity index (χ1) is 12.5. The molecule has 0 saturated heterocycles. The van der Waals surface area contributed by atoms with Crippen molar-refractivity contribution in [1.29, 1.82) is 0 Å². The Morgan fingerprint density at radius 2 is 1.75 bits per heavy atom. The molecule has 2 aromatic carbocycles. The minimum Gasteiger partial charge on any atom is -0.493 e. The third kappa shape index (κ3) is 8.64. The van der Waals surface area contributed by atoms with Gasteiger partial charge < -0.3 is 19.7 Å². The summed E-state index contributed by atoms with van der Waals surface area (Å²) >= 11 is 12.6. The Labute approximate surface area is 190 Å². The summed E-state index contributed by atoms with van der Waals surface area (Å²) in [6.07, 6.45) is 1.09. The molecule has 0 radical (unpaired) electrons. The third-order valence-electron chi connectivity index (χ3n) is 3.91. The Hall–Kier alpha value is -0.880. The van der Waals surface area contributed by atoms with Crippen molar-refractivity contribution in [2.75, 3.05) is 34.3 Å². The maximum Gasteiger partial charge on any atom is 0.180 e. The van der Waals surface area contributed by atoms with Crippen LogP contribution in [0.1, 0.15) is 17.5 Å². The molecule has 158 valence electrons. The molecule has 4 nitrogen and oxygen atoms in total. The molecular weight excluding hydrogens is 442 g/mol. The SMILES string of the molecule is COc1cc(CNCCCN(C)C)cc(Cl)c1OCc1ccccc1Cl.Cl.Cl. The fraction of sp³-hybridized carbons (Fsp3) is 0.400. The number of ether oxygens (including phenoxy) is 2. The highest BCUT2D eigenvalue weighted by Gasteiger charge is 2.13. The van der Waals surface area contributed by atoms with Gasteiger partial charge in [-0.1, -0.05) is 41.4 Å². The van der Waals surface area contributed by atoms with E-state index in [0.29, 0.717) is 28.2 Å². The minimum atomic E-state index is 0.